The summed E-state index contributed by atoms with van der Waals surface area (Å²) in [6, 6.07) is 8.40. The molecule has 0 aliphatic carbocycles. The van der Waals surface area contributed by atoms with E-state index in [4.69, 9.17) is 16.3 Å². The van der Waals surface area contributed by atoms with Crippen molar-refractivity contribution in [3.8, 4) is 5.75 Å². The molecule has 0 N–H and O–H groups in total. The van der Waals surface area contributed by atoms with Gasteiger partial charge in [0.2, 0.25) is 0 Å². The monoisotopic (exact) mass is 319 g/mol. The largest absolute Gasteiger partial charge is 0.492 e. The molecule has 17 heavy (non-hydrogen) atoms. The Balaban J connectivity index is 2.35. The van der Waals surface area contributed by atoms with E-state index in [9.17, 15) is 0 Å². The van der Waals surface area contributed by atoms with Crippen molar-refractivity contribution < 1.29 is 4.74 Å². The van der Waals surface area contributed by atoms with Gasteiger partial charge in [-0.2, -0.15) is 0 Å². The maximum atomic E-state index is 5.77. The summed E-state index contributed by atoms with van der Waals surface area (Å²) < 4.78 is 6.74. The predicted octanol–water partition coefficient (Wildman–Crippen LogP) is 3.78. The van der Waals surface area contributed by atoms with E-state index in [-0.39, 0.29) is 0 Å². The summed E-state index contributed by atoms with van der Waals surface area (Å²) in [5.41, 5.74) is 0. The molecule has 1 aromatic rings. The van der Waals surface area contributed by atoms with E-state index < -0.39 is 0 Å². The number of halogens is 2. The zero-order chi connectivity index (χ0) is 12.7. The van der Waals surface area contributed by atoms with Crippen molar-refractivity contribution in [1.29, 1.82) is 0 Å². The van der Waals surface area contributed by atoms with Gasteiger partial charge in [0.15, 0.2) is 0 Å². The van der Waals surface area contributed by atoms with Crippen LogP contribution in [0, 0.1) is 0 Å². The molecule has 0 aromatic heterocycles. The second-order valence-corrected chi connectivity index (χ2v) is 5.42. The lowest BCUT2D eigenvalue weighted by molar-refractivity contribution is 0.184. The molecule has 0 heterocycles. The average molecular weight is 321 g/mol. The van der Waals surface area contributed by atoms with Crippen molar-refractivity contribution in [1.82, 2.24) is 4.90 Å². The van der Waals surface area contributed by atoms with Crippen LogP contribution in [0.3, 0.4) is 0 Å². The van der Waals surface area contributed by atoms with Crippen LogP contribution in [0.5, 0.6) is 5.75 Å². The first-order valence-corrected chi connectivity index (χ1v) is 7.14. The molecular weight excluding hydrogens is 302 g/mol. The molecule has 1 rings (SSSR count). The number of nitrogens with zero attached hydrogens (tertiary/aromatic N) is 1. The highest BCUT2D eigenvalue weighted by molar-refractivity contribution is 9.10. The van der Waals surface area contributed by atoms with Crippen LogP contribution in [0.4, 0.5) is 0 Å². The van der Waals surface area contributed by atoms with Crippen LogP contribution in [0.1, 0.15) is 13.8 Å². The molecule has 0 saturated heterocycles. The topological polar surface area (TPSA) is 12.5 Å². The molecule has 0 unspecified atom stereocenters. The standard InChI is InChI=1S/C13H19BrClNO/c1-11(2)16(7-6-15)8-9-17-13-5-3-4-12(14)10-13/h3-5,10-11H,6-9H2,1-2H3. The van der Waals surface area contributed by atoms with Crippen LogP contribution in [0.2, 0.25) is 0 Å². The third-order valence-corrected chi connectivity index (χ3v) is 3.21. The van der Waals surface area contributed by atoms with E-state index in [1.165, 1.54) is 0 Å². The van der Waals surface area contributed by atoms with Crippen LogP contribution in [0.15, 0.2) is 28.7 Å². The molecule has 0 aliphatic rings. The fraction of sp³-hybridized carbons (Fsp3) is 0.538. The molecule has 0 saturated carbocycles. The van der Waals surface area contributed by atoms with Gasteiger partial charge in [0.25, 0.3) is 0 Å². The normalized spacial score (nSPS) is 11.2. The summed E-state index contributed by atoms with van der Waals surface area (Å²) in [7, 11) is 0. The molecule has 0 atom stereocenters. The number of hydrogen-bond donors (Lipinski definition) is 0. The molecule has 0 radical (unpaired) electrons. The zero-order valence-corrected chi connectivity index (χ0v) is 12.7. The van der Waals surface area contributed by atoms with Gasteiger partial charge in [0, 0.05) is 29.5 Å². The molecular formula is C13H19BrClNO. The second-order valence-electron chi connectivity index (χ2n) is 4.12. The smallest absolute Gasteiger partial charge is 0.120 e. The van der Waals surface area contributed by atoms with Crippen LogP contribution < -0.4 is 4.74 Å². The van der Waals surface area contributed by atoms with Crippen LogP contribution in [-0.2, 0) is 0 Å². The Morgan fingerprint density at radius 1 is 1.35 bits per heavy atom. The summed E-state index contributed by atoms with van der Waals surface area (Å²) in [6.45, 7) is 6.83. The Bertz CT molecular complexity index is 333. The van der Waals surface area contributed by atoms with Gasteiger partial charge in [-0.3, -0.25) is 4.90 Å². The maximum Gasteiger partial charge on any atom is 0.120 e. The van der Waals surface area contributed by atoms with Gasteiger partial charge in [0.05, 0.1) is 0 Å². The van der Waals surface area contributed by atoms with E-state index >= 15 is 0 Å². The molecule has 0 spiro atoms. The lowest BCUT2D eigenvalue weighted by atomic mass is 10.3. The Labute approximate surface area is 117 Å². The number of hydrogen-bond acceptors (Lipinski definition) is 2. The van der Waals surface area contributed by atoms with E-state index in [1.54, 1.807) is 0 Å². The highest BCUT2D eigenvalue weighted by Crippen LogP contribution is 2.17. The predicted molar refractivity (Wildman–Crippen MR) is 77.1 cm³/mol. The van der Waals surface area contributed by atoms with Crippen LogP contribution in [0.25, 0.3) is 0 Å². The molecule has 0 bridgehead atoms. The summed E-state index contributed by atoms with van der Waals surface area (Å²) >= 11 is 9.19. The van der Waals surface area contributed by atoms with Gasteiger partial charge in [-0.05, 0) is 32.0 Å². The number of benzene rings is 1. The Morgan fingerprint density at radius 2 is 2.12 bits per heavy atom. The number of alkyl halides is 1. The van der Waals surface area contributed by atoms with Crippen LogP contribution >= 0.6 is 27.5 Å². The van der Waals surface area contributed by atoms with E-state index in [1.807, 2.05) is 24.3 Å². The first-order valence-electron chi connectivity index (χ1n) is 5.82. The Morgan fingerprint density at radius 3 is 2.71 bits per heavy atom. The maximum absolute atomic E-state index is 5.77. The Kier molecular flexibility index (Phi) is 6.93. The van der Waals surface area contributed by atoms with Crippen LogP contribution in [-0.4, -0.2) is 36.5 Å². The van der Waals surface area contributed by atoms with E-state index in [2.05, 4.69) is 34.7 Å². The summed E-state index contributed by atoms with van der Waals surface area (Å²) in [4.78, 5) is 2.31. The third-order valence-electron chi connectivity index (χ3n) is 2.55. The zero-order valence-electron chi connectivity index (χ0n) is 10.3. The van der Waals surface area contributed by atoms with Crippen molar-refractivity contribution in [2.24, 2.45) is 0 Å². The summed E-state index contributed by atoms with van der Waals surface area (Å²) in [6.07, 6.45) is 0. The van der Waals surface area contributed by atoms with Crippen molar-refractivity contribution in [3.63, 3.8) is 0 Å². The minimum Gasteiger partial charge on any atom is -0.492 e. The second kappa shape index (κ2) is 7.96. The molecule has 4 heteroatoms. The molecule has 1 aromatic carbocycles. The first-order chi connectivity index (χ1) is 8.13. The average Bonchev–Trinajstić information content (AvgIpc) is 2.28. The van der Waals surface area contributed by atoms with E-state index in [0.29, 0.717) is 18.5 Å². The number of ether oxygens (including phenoxy) is 1. The fourth-order valence-corrected chi connectivity index (χ4v) is 2.17. The van der Waals surface area contributed by atoms with Gasteiger partial charge in [-0.1, -0.05) is 22.0 Å². The summed E-state index contributed by atoms with van der Waals surface area (Å²) in [5, 5.41) is 0. The van der Waals surface area contributed by atoms with Gasteiger partial charge in [-0.15, -0.1) is 11.6 Å². The minimum absolute atomic E-state index is 0.500. The molecule has 0 aliphatic heterocycles. The van der Waals surface area contributed by atoms with Crippen molar-refractivity contribution in [2.75, 3.05) is 25.6 Å². The lowest BCUT2D eigenvalue weighted by Gasteiger charge is -2.25. The SMILES string of the molecule is CC(C)N(CCCl)CCOc1cccc(Br)c1. The minimum atomic E-state index is 0.500. The fourth-order valence-electron chi connectivity index (χ4n) is 1.57. The Hall–Kier alpha value is -0.250. The molecule has 0 amide bonds. The van der Waals surface area contributed by atoms with Gasteiger partial charge in [-0.25, -0.2) is 0 Å². The third kappa shape index (κ3) is 5.75. The summed E-state index contributed by atoms with van der Waals surface area (Å²) in [5.74, 6) is 1.56. The van der Waals surface area contributed by atoms with Gasteiger partial charge in [0.1, 0.15) is 12.4 Å². The van der Waals surface area contributed by atoms with Crippen molar-refractivity contribution in [3.05, 3.63) is 28.7 Å². The highest BCUT2D eigenvalue weighted by Gasteiger charge is 2.08. The van der Waals surface area contributed by atoms with Gasteiger partial charge < -0.3 is 4.74 Å². The van der Waals surface area contributed by atoms with Gasteiger partial charge >= 0.3 is 0 Å². The lowest BCUT2D eigenvalue weighted by Crippen LogP contribution is -2.36. The van der Waals surface area contributed by atoms with Crippen molar-refractivity contribution in [2.45, 2.75) is 19.9 Å². The molecule has 96 valence electrons. The first kappa shape index (κ1) is 14.8. The highest BCUT2D eigenvalue weighted by atomic mass is 79.9. The molecule has 0 fully saturated rings. The van der Waals surface area contributed by atoms with E-state index in [0.717, 1.165) is 23.3 Å². The number of rotatable bonds is 7. The van der Waals surface area contributed by atoms with Crippen molar-refractivity contribution >= 4 is 27.5 Å². The molecule has 2 nitrogen and oxygen atoms in total. The quantitative estimate of drug-likeness (QED) is 0.709.